The minimum absolute atomic E-state index is 0.251. The second kappa shape index (κ2) is 5.25. The minimum Gasteiger partial charge on any atom is -0.508 e. The lowest BCUT2D eigenvalue weighted by molar-refractivity contribution is 0.0812. The molecule has 1 heterocycles. The van der Waals surface area contributed by atoms with Crippen molar-refractivity contribution >= 4 is 11.6 Å². The topological polar surface area (TPSA) is 32.7 Å². The molecule has 2 unspecified atom stereocenters. The van der Waals surface area contributed by atoms with E-state index in [0.29, 0.717) is 23.4 Å². The smallest absolute Gasteiger partial charge is 0.120 e. The Labute approximate surface area is 107 Å². The Hall–Kier alpha value is -0.770. The lowest BCUT2D eigenvalue weighted by Crippen LogP contribution is -2.36. The third-order valence-corrected chi connectivity index (χ3v) is 3.60. The molecule has 0 amide bonds. The second-order valence-electron chi connectivity index (χ2n) is 4.62. The van der Waals surface area contributed by atoms with Gasteiger partial charge in [-0.3, -0.25) is 4.90 Å². The predicted octanol–water partition coefficient (Wildman–Crippen LogP) is 2.65. The number of rotatable bonds is 3. The molecule has 2 rings (SSSR count). The molecule has 1 aliphatic heterocycles. The summed E-state index contributed by atoms with van der Waals surface area (Å²) in [6, 6.07) is 5.56. The highest BCUT2D eigenvalue weighted by Gasteiger charge is 2.28. The molecule has 3 nitrogen and oxygen atoms in total. The average molecular weight is 256 g/mol. The van der Waals surface area contributed by atoms with Gasteiger partial charge in [0.15, 0.2) is 0 Å². The van der Waals surface area contributed by atoms with Crippen LogP contribution in [0.3, 0.4) is 0 Å². The van der Waals surface area contributed by atoms with E-state index in [1.807, 2.05) is 6.07 Å². The molecule has 1 saturated heterocycles. The van der Waals surface area contributed by atoms with Gasteiger partial charge in [-0.05, 0) is 38.6 Å². The molecule has 0 spiro atoms. The van der Waals surface area contributed by atoms with E-state index in [-0.39, 0.29) is 6.10 Å². The number of benzene rings is 1. The molecule has 94 valence electrons. The van der Waals surface area contributed by atoms with Gasteiger partial charge < -0.3 is 9.84 Å². The van der Waals surface area contributed by atoms with Crippen LogP contribution in [0, 0.1) is 0 Å². The summed E-state index contributed by atoms with van der Waals surface area (Å²) in [7, 11) is 2.05. The first-order valence-corrected chi connectivity index (χ1v) is 6.25. The number of ether oxygens (including phenoxy) is 1. The second-order valence-corrected chi connectivity index (χ2v) is 5.06. The fourth-order valence-corrected chi connectivity index (χ4v) is 2.56. The van der Waals surface area contributed by atoms with Crippen LogP contribution in [-0.4, -0.2) is 35.8 Å². The van der Waals surface area contributed by atoms with Gasteiger partial charge in [-0.15, -0.1) is 0 Å². The number of aromatic hydroxyl groups is 1. The Kier molecular flexibility index (Phi) is 3.92. The zero-order valence-corrected chi connectivity index (χ0v) is 10.9. The Morgan fingerprint density at radius 2 is 2.29 bits per heavy atom. The number of phenolic OH excluding ortho intramolecular Hbond substituents is 1. The van der Waals surface area contributed by atoms with Gasteiger partial charge in [-0.2, -0.15) is 0 Å². The maximum Gasteiger partial charge on any atom is 0.120 e. The van der Waals surface area contributed by atoms with E-state index in [1.165, 1.54) is 0 Å². The van der Waals surface area contributed by atoms with Gasteiger partial charge in [0.2, 0.25) is 0 Å². The number of phenols is 1. The maximum absolute atomic E-state index is 9.78. The van der Waals surface area contributed by atoms with Crippen molar-refractivity contribution in [3.8, 4) is 5.75 Å². The van der Waals surface area contributed by atoms with E-state index in [1.54, 1.807) is 12.1 Å². The highest BCUT2D eigenvalue weighted by atomic mass is 35.5. The van der Waals surface area contributed by atoms with E-state index in [2.05, 4.69) is 18.9 Å². The summed E-state index contributed by atoms with van der Waals surface area (Å²) in [6.45, 7) is 3.59. The first-order valence-electron chi connectivity index (χ1n) is 5.87. The molecule has 0 aromatic heterocycles. The minimum atomic E-state index is 0.251. The van der Waals surface area contributed by atoms with Crippen molar-refractivity contribution in [1.29, 1.82) is 0 Å². The van der Waals surface area contributed by atoms with Crippen LogP contribution in [0.4, 0.5) is 0 Å². The Morgan fingerprint density at radius 1 is 1.53 bits per heavy atom. The van der Waals surface area contributed by atoms with Crippen molar-refractivity contribution < 1.29 is 9.84 Å². The van der Waals surface area contributed by atoms with Crippen LogP contribution >= 0.6 is 11.6 Å². The largest absolute Gasteiger partial charge is 0.508 e. The quantitative estimate of drug-likeness (QED) is 0.901. The van der Waals surface area contributed by atoms with Crippen LogP contribution < -0.4 is 0 Å². The zero-order valence-electron chi connectivity index (χ0n) is 10.2. The van der Waals surface area contributed by atoms with E-state index in [4.69, 9.17) is 16.3 Å². The van der Waals surface area contributed by atoms with Gasteiger partial charge >= 0.3 is 0 Å². The predicted molar refractivity (Wildman–Crippen MR) is 68.4 cm³/mol. The Morgan fingerprint density at radius 3 is 2.94 bits per heavy atom. The summed E-state index contributed by atoms with van der Waals surface area (Å²) >= 11 is 5.93. The highest BCUT2D eigenvalue weighted by Crippen LogP contribution is 2.25. The summed E-state index contributed by atoms with van der Waals surface area (Å²) in [5, 5.41) is 10.4. The molecule has 0 saturated carbocycles. The maximum atomic E-state index is 9.78. The van der Waals surface area contributed by atoms with Gasteiger partial charge in [-0.1, -0.05) is 11.6 Å². The van der Waals surface area contributed by atoms with Crippen LogP contribution in [0.15, 0.2) is 18.2 Å². The molecular weight excluding hydrogens is 238 g/mol. The number of likely N-dealkylation sites (N-methyl/N-ethyl adjacent to an activating group) is 1. The fourth-order valence-electron chi connectivity index (χ4n) is 2.37. The number of hydrogen-bond donors (Lipinski definition) is 1. The highest BCUT2D eigenvalue weighted by molar-refractivity contribution is 6.30. The van der Waals surface area contributed by atoms with Crippen LogP contribution in [0.25, 0.3) is 0 Å². The van der Waals surface area contributed by atoms with Crippen LogP contribution in [0.5, 0.6) is 5.75 Å². The number of hydrogen-bond acceptors (Lipinski definition) is 3. The zero-order chi connectivity index (χ0) is 12.4. The lowest BCUT2D eigenvalue weighted by Gasteiger charge is -2.26. The Balaban J connectivity index is 2.07. The molecule has 1 aromatic carbocycles. The third-order valence-electron chi connectivity index (χ3n) is 3.36. The third kappa shape index (κ3) is 2.92. The molecule has 0 bridgehead atoms. The summed E-state index contributed by atoms with van der Waals surface area (Å²) in [6.07, 6.45) is 1.29. The Bertz CT molecular complexity index is 397. The summed E-state index contributed by atoms with van der Waals surface area (Å²) < 4.78 is 5.55. The lowest BCUT2D eigenvalue weighted by atomic mass is 10.1. The van der Waals surface area contributed by atoms with Gasteiger partial charge in [0.05, 0.1) is 6.10 Å². The van der Waals surface area contributed by atoms with Crippen LogP contribution in [0.1, 0.15) is 18.9 Å². The summed E-state index contributed by atoms with van der Waals surface area (Å²) in [4.78, 5) is 2.21. The van der Waals surface area contributed by atoms with E-state index in [9.17, 15) is 5.11 Å². The van der Waals surface area contributed by atoms with Crippen molar-refractivity contribution in [2.45, 2.75) is 32.0 Å². The fraction of sp³-hybridized carbons (Fsp3) is 0.538. The molecular formula is C13H18ClNO2. The van der Waals surface area contributed by atoms with Gasteiger partial charge in [0.1, 0.15) is 5.75 Å². The molecule has 17 heavy (non-hydrogen) atoms. The number of nitrogens with zero attached hydrogens (tertiary/aromatic N) is 1. The molecule has 1 N–H and O–H groups in total. The molecule has 0 radical (unpaired) electrons. The summed E-state index contributed by atoms with van der Waals surface area (Å²) in [5.41, 5.74) is 0.860. The molecule has 1 aliphatic rings. The van der Waals surface area contributed by atoms with Gasteiger partial charge in [0.25, 0.3) is 0 Å². The van der Waals surface area contributed by atoms with E-state index in [0.717, 1.165) is 18.6 Å². The molecule has 2 atom stereocenters. The van der Waals surface area contributed by atoms with E-state index >= 15 is 0 Å². The van der Waals surface area contributed by atoms with Crippen molar-refractivity contribution in [2.75, 3.05) is 13.7 Å². The molecule has 1 aromatic rings. The van der Waals surface area contributed by atoms with Crippen molar-refractivity contribution in [1.82, 2.24) is 4.90 Å². The number of halogens is 1. The monoisotopic (exact) mass is 255 g/mol. The summed E-state index contributed by atoms with van der Waals surface area (Å²) in [5.74, 6) is 0.299. The molecule has 4 heteroatoms. The first-order chi connectivity index (χ1) is 8.08. The molecule has 0 aliphatic carbocycles. The SMILES string of the molecule is CC1OCCC1N(C)Cc1cc(Cl)ccc1O. The van der Waals surface area contributed by atoms with Gasteiger partial charge in [0, 0.05) is 29.8 Å². The van der Waals surface area contributed by atoms with Crippen LogP contribution in [-0.2, 0) is 11.3 Å². The standard InChI is InChI=1S/C13H18ClNO2/c1-9-12(5-6-17-9)15(2)8-10-7-11(14)3-4-13(10)16/h3-4,7,9,12,16H,5-6,8H2,1-2H3. The molecule has 1 fully saturated rings. The van der Waals surface area contributed by atoms with Crippen molar-refractivity contribution in [3.05, 3.63) is 28.8 Å². The van der Waals surface area contributed by atoms with E-state index < -0.39 is 0 Å². The average Bonchev–Trinajstić information content (AvgIpc) is 2.70. The first kappa shape index (κ1) is 12.7. The van der Waals surface area contributed by atoms with Crippen LogP contribution in [0.2, 0.25) is 5.02 Å². The normalized spacial score (nSPS) is 24.5. The van der Waals surface area contributed by atoms with Gasteiger partial charge in [-0.25, -0.2) is 0 Å². The van der Waals surface area contributed by atoms with Crippen molar-refractivity contribution in [3.63, 3.8) is 0 Å². The van der Waals surface area contributed by atoms with Crippen molar-refractivity contribution in [2.24, 2.45) is 0 Å².